The zero-order valence-electron chi connectivity index (χ0n) is 15.3. The highest BCUT2D eigenvalue weighted by molar-refractivity contribution is 5.97. The minimum atomic E-state index is -1.14. The lowest BCUT2D eigenvalue weighted by atomic mass is 10.0. The molecule has 1 unspecified atom stereocenters. The molecule has 26 heavy (non-hydrogen) atoms. The van der Waals surface area contributed by atoms with Crippen LogP contribution in [0.4, 0.5) is 0 Å². The third-order valence-corrected chi connectivity index (χ3v) is 3.83. The van der Waals surface area contributed by atoms with E-state index in [9.17, 15) is 14.7 Å². The average Bonchev–Trinajstić information content (AvgIpc) is 2.58. The highest BCUT2D eigenvalue weighted by Crippen LogP contribution is 2.28. The molecule has 0 aliphatic heterocycles. The number of hydrogen-bond donors (Lipinski definition) is 2. The fourth-order valence-electron chi connectivity index (χ4n) is 2.76. The Kier molecular flexibility index (Phi) is 6.22. The van der Waals surface area contributed by atoms with Crippen molar-refractivity contribution in [1.82, 2.24) is 5.32 Å². The van der Waals surface area contributed by atoms with Crippen molar-refractivity contribution in [2.24, 2.45) is 0 Å². The number of carbonyl (C=O) groups excluding carboxylic acids is 1. The lowest BCUT2D eigenvalue weighted by Gasteiger charge is -2.17. The van der Waals surface area contributed by atoms with Gasteiger partial charge in [-0.05, 0) is 44.5 Å². The molecule has 6 heteroatoms. The number of rotatable bonds is 7. The van der Waals surface area contributed by atoms with E-state index in [-0.39, 0.29) is 0 Å². The van der Waals surface area contributed by atoms with Crippen LogP contribution >= 0.6 is 0 Å². The number of ether oxygens (including phenoxy) is 2. The topological polar surface area (TPSA) is 84.9 Å². The van der Waals surface area contributed by atoms with Crippen LogP contribution in [-0.2, 0) is 4.79 Å². The highest BCUT2D eigenvalue weighted by Gasteiger charge is 2.23. The molecular weight excluding hydrogens is 334 g/mol. The summed E-state index contributed by atoms with van der Waals surface area (Å²) < 4.78 is 10.7. The Morgan fingerprint density at radius 3 is 2.27 bits per heavy atom. The SMILES string of the molecule is CCOc1ccc(C(=O)NC(C(=O)O)c2cc(C)cc(C)c2)cc1OC. The molecule has 1 atom stereocenters. The van der Waals surface area contributed by atoms with E-state index in [1.165, 1.54) is 13.2 Å². The molecule has 2 rings (SSSR count). The van der Waals surface area contributed by atoms with Crippen LogP contribution in [0.2, 0.25) is 0 Å². The van der Waals surface area contributed by atoms with E-state index in [4.69, 9.17) is 9.47 Å². The zero-order valence-corrected chi connectivity index (χ0v) is 15.3. The molecule has 0 saturated carbocycles. The van der Waals surface area contributed by atoms with Gasteiger partial charge in [-0.2, -0.15) is 0 Å². The predicted molar refractivity (Wildman–Crippen MR) is 97.9 cm³/mol. The van der Waals surface area contributed by atoms with Crippen LogP contribution in [0.25, 0.3) is 0 Å². The number of amides is 1. The smallest absolute Gasteiger partial charge is 0.330 e. The summed E-state index contributed by atoms with van der Waals surface area (Å²) in [6.45, 7) is 6.08. The van der Waals surface area contributed by atoms with Crippen LogP contribution in [-0.4, -0.2) is 30.7 Å². The Morgan fingerprint density at radius 2 is 1.73 bits per heavy atom. The first-order chi connectivity index (χ1) is 12.3. The van der Waals surface area contributed by atoms with Crippen LogP contribution < -0.4 is 14.8 Å². The van der Waals surface area contributed by atoms with E-state index in [1.54, 1.807) is 24.3 Å². The van der Waals surface area contributed by atoms with Crippen molar-refractivity contribution in [2.75, 3.05) is 13.7 Å². The molecule has 0 radical (unpaired) electrons. The third-order valence-electron chi connectivity index (χ3n) is 3.83. The second-order valence-electron chi connectivity index (χ2n) is 5.96. The van der Waals surface area contributed by atoms with Crippen molar-refractivity contribution in [2.45, 2.75) is 26.8 Å². The van der Waals surface area contributed by atoms with E-state index < -0.39 is 17.9 Å². The minimum absolute atomic E-state index is 0.293. The number of benzene rings is 2. The first kappa shape index (κ1) is 19.3. The summed E-state index contributed by atoms with van der Waals surface area (Å²) >= 11 is 0. The maximum atomic E-state index is 12.6. The number of hydrogen-bond acceptors (Lipinski definition) is 4. The van der Waals surface area contributed by atoms with E-state index in [0.717, 1.165) is 11.1 Å². The van der Waals surface area contributed by atoms with Gasteiger partial charge in [0.2, 0.25) is 0 Å². The third kappa shape index (κ3) is 4.53. The van der Waals surface area contributed by atoms with Crippen molar-refractivity contribution in [1.29, 1.82) is 0 Å². The van der Waals surface area contributed by atoms with Gasteiger partial charge in [-0.25, -0.2) is 4.79 Å². The van der Waals surface area contributed by atoms with Gasteiger partial charge in [0.05, 0.1) is 13.7 Å². The molecule has 0 saturated heterocycles. The monoisotopic (exact) mass is 357 g/mol. The van der Waals surface area contributed by atoms with Gasteiger partial charge in [0, 0.05) is 5.56 Å². The summed E-state index contributed by atoms with van der Waals surface area (Å²) in [7, 11) is 1.48. The summed E-state index contributed by atoms with van der Waals surface area (Å²) in [5, 5.41) is 12.1. The second kappa shape index (κ2) is 8.38. The summed E-state index contributed by atoms with van der Waals surface area (Å²) in [5.41, 5.74) is 2.69. The quantitative estimate of drug-likeness (QED) is 0.794. The van der Waals surface area contributed by atoms with Crippen LogP contribution in [0.1, 0.15) is 40.0 Å². The number of nitrogens with one attached hydrogen (secondary N) is 1. The number of aryl methyl sites for hydroxylation is 2. The van der Waals surface area contributed by atoms with Gasteiger partial charge in [0.25, 0.3) is 5.91 Å². The standard InChI is InChI=1S/C20H23NO5/c1-5-26-16-7-6-14(11-17(16)25-4)19(22)21-18(20(23)24)15-9-12(2)8-13(3)10-15/h6-11,18H,5H2,1-4H3,(H,21,22)(H,23,24). The Balaban J connectivity index is 2.29. The van der Waals surface area contributed by atoms with Crippen molar-refractivity contribution < 1.29 is 24.2 Å². The second-order valence-corrected chi connectivity index (χ2v) is 5.96. The Labute approximate surface area is 152 Å². The van der Waals surface area contributed by atoms with Crippen LogP contribution in [0.15, 0.2) is 36.4 Å². The number of carboxylic acid groups (broad SMARTS) is 1. The van der Waals surface area contributed by atoms with Gasteiger partial charge in [-0.1, -0.05) is 29.3 Å². The number of carboxylic acids is 1. The Morgan fingerprint density at radius 1 is 1.08 bits per heavy atom. The maximum absolute atomic E-state index is 12.6. The van der Waals surface area contributed by atoms with Crippen molar-refractivity contribution in [3.8, 4) is 11.5 Å². The first-order valence-electron chi connectivity index (χ1n) is 8.28. The number of carbonyl (C=O) groups is 2. The maximum Gasteiger partial charge on any atom is 0.330 e. The normalized spacial score (nSPS) is 11.5. The van der Waals surface area contributed by atoms with Gasteiger partial charge in [0.15, 0.2) is 17.5 Å². The zero-order chi connectivity index (χ0) is 19.3. The molecule has 6 nitrogen and oxygen atoms in total. The van der Waals surface area contributed by atoms with Crippen LogP contribution in [0, 0.1) is 13.8 Å². The van der Waals surface area contributed by atoms with Crippen LogP contribution in [0.3, 0.4) is 0 Å². The largest absolute Gasteiger partial charge is 0.493 e. The van der Waals surface area contributed by atoms with Gasteiger partial charge in [-0.15, -0.1) is 0 Å². The molecule has 0 fully saturated rings. The van der Waals surface area contributed by atoms with Gasteiger partial charge < -0.3 is 19.9 Å². The summed E-state index contributed by atoms with van der Waals surface area (Å²) in [6, 6.07) is 9.05. The molecule has 2 aromatic rings. The molecule has 0 aromatic heterocycles. The molecule has 138 valence electrons. The lowest BCUT2D eigenvalue weighted by molar-refractivity contribution is -0.139. The molecule has 0 aliphatic rings. The predicted octanol–water partition coefficient (Wildman–Crippen LogP) is 3.27. The van der Waals surface area contributed by atoms with Gasteiger partial charge >= 0.3 is 5.97 Å². The van der Waals surface area contributed by atoms with Crippen molar-refractivity contribution in [3.05, 3.63) is 58.7 Å². The molecule has 2 aromatic carbocycles. The van der Waals surface area contributed by atoms with E-state index >= 15 is 0 Å². The van der Waals surface area contributed by atoms with Crippen molar-refractivity contribution >= 4 is 11.9 Å². The molecule has 1 amide bonds. The number of aliphatic carboxylic acids is 1. The van der Waals surface area contributed by atoms with E-state index in [2.05, 4.69) is 5.32 Å². The minimum Gasteiger partial charge on any atom is -0.493 e. The van der Waals surface area contributed by atoms with E-state index in [1.807, 2.05) is 26.8 Å². The highest BCUT2D eigenvalue weighted by atomic mass is 16.5. The molecule has 0 heterocycles. The van der Waals surface area contributed by atoms with Gasteiger partial charge in [0.1, 0.15) is 0 Å². The summed E-state index contributed by atoms with van der Waals surface area (Å²) in [4.78, 5) is 24.3. The lowest BCUT2D eigenvalue weighted by Crippen LogP contribution is -2.33. The molecule has 0 spiro atoms. The fourth-order valence-corrected chi connectivity index (χ4v) is 2.76. The van der Waals surface area contributed by atoms with Crippen molar-refractivity contribution in [3.63, 3.8) is 0 Å². The van der Waals surface area contributed by atoms with Gasteiger partial charge in [-0.3, -0.25) is 4.79 Å². The summed E-state index contributed by atoms with van der Waals surface area (Å²) in [6.07, 6.45) is 0. The number of methoxy groups -OCH3 is 1. The Hall–Kier alpha value is -3.02. The molecular formula is C20H23NO5. The Bertz CT molecular complexity index is 796. The molecule has 2 N–H and O–H groups in total. The fraction of sp³-hybridized carbons (Fsp3) is 0.300. The van der Waals surface area contributed by atoms with E-state index in [0.29, 0.717) is 29.2 Å². The molecule has 0 aliphatic carbocycles. The first-order valence-corrected chi connectivity index (χ1v) is 8.28. The summed E-state index contributed by atoms with van der Waals surface area (Å²) in [5.74, 6) is -0.687. The molecule has 0 bridgehead atoms. The van der Waals surface area contributed by atoms with Crippen LogP contribution in [0.5, 0.6) is 11.5 Å². The average molecular weight is 357 g/mol.